The van der Waals surface area contributed by atoms with Gasteiger partial charge >= 0.3 is 0 Å². The van der Waals surface area contributed by atoms with Gasteiger partial charge in [0.15, 0.2) is 5.11 Å². The van der Waals surface area contributed by atoms with Crippen molar-refractivity contribution in [1.29, 1.82) is 0 Å². The van der Waals surface area contributed by atoms with Crippen LogP contribution in [-0.4, -0.2) is 15.9 Å². The van der Waals surface area contributed by atoms with E-state index in [1.165, 1.54) is 19.1 Å². The number of benzene rings is 1. The minimum atomic E-state index is -0.458. The number of nitrogens with one attached hydrogen (secondary N) is 2. The van der Waals surface area contributed by atoms with E-state index in [1.807, 2.05) is 0 Å². The molecule has 0 aliphatic carbocycles. The maximum Gasteiger partial charge on any atom is 0.269 e. The van der Waals surface area contributed by atoms with Crippen LogP contribution in [0.2, 0.25) is 0 Å². The molecule has 0 aliphatic rings. The Morgan fingerprint density at radius 3 is 2.45 bits per heavy atom. The lowest BCUT2D eigenvalue weighted by Crippen LogP contribution is -2.36. The Morgan fingerprint density at radius 2 is 1.95 bits per heavy atom. The van der Waals surface area contributed by atoms with Crippen LogP contribution in [0.25, 0.3) is 6.08 Å². The molecular weight excluding hydrogens is 278 g/mol. The first kappa shape index (κ1) is 15.5. The highest BCUT2D eigenvalue weighted by Crippen LogP contribution is 2.13. The maximum atomic E-state index is 10.8. The Kier molecular flexibility index (Phi) is 5.55. The van der Waals surface area contributed by atoms with E-state index >= 15 is 0 Å². The minimum absolute atomic E-state index is 0.0333. The largest absolute Gasteiger partial charge is 0.333 e. The van der Waals surface area contributed by atoms with Crippen LogP contribution in [0.5, 0.6) is 0 Å². The summed E-state index contributed by atoms with van der Waals surface area (Å²) in [5.41, 5.74) is 1.30. The first-order chi connectivity index (χ1) is 9.38. The normalized spacial score (nSPS) is 10.1. The molecule has 0 heterocycles. The van der Waals surface area contributed by atoms with Crippen molar-refractivity contribution in [3.8, 4) is 0 Å². The van der Waals surface area contributed by atoms with Gasteiger partial charge in [0, 0.05) is 24.8 Å². The Labute approximate surface area is 121 Å². The smallest absolute Gasteiger partial charge is 0.269 e. The summed E-state index contributed by atoms with van der Waals surface area (Å²) in [4.78, 5) is 20.8. The molecule has 0 bridgehead atoms. The van der Waals surface area contributed by atoms with Crippen LogP contribution in [0.4, 0.5) is 5.69 Å². The fraction of sp³-hybridized carbons (Fsp3) is 0.0769. The van der Waals surface area contributed by atoms with Gasteiger partial charge in [-0.05, 0) is 36.0 Å². The molecule has 0 spiro atoms. The highest BCUT2D eigenvalue weighted by Gasteiger charge is 2.02. The Bertz CT molecular complexity index is 579. The molecular formula is C13H13N3O3S. The van der Waals surface area contributed by atoms with Crippen LogP contribution in [-0.2, 0) is 4.79 Å². The number of nitrogens with zero attached hydrogens (tertiary/aromatic N) is 1. The summed E-state index contributed by atoms with van der Waals surface area (Å²) in [6.07, 6.45) is 3.37. The van der Waals surface area contributed by atoms with Gasteiger partial charge < -0.3 is 10.6 Å². The first-order valence-corrected chi connectivity index (χ1v) is 5.99. The van der Waals surface area contributed by atoms with Crippen molar-refractivity contribution in [2.45, 2.75) is 6.92 Å². The molecule has 20 heavy (non-hydrogen) atoms. The molecule has 0 saturated heterocycles. The zero-order valence-electron chi connectivity index (χ0n) is 10.8. The number of thiocarbonyl (C=S) groups is 1. The van der Waals surface area contributed by atoms with E-state index in [-0.39, 0.29) is 16.7 Å². The van der Waals surface area contributed by atoms with Crippen molar-refractivity contribution in [2.24, 2.45) is 0 Å². The topological polar surface area (TPSA) is 84.3 Å². The number of rotatable bonds is 4. The first-order valence-electron chi connectivity index (χ1n) is 5.58. The molecule has 1 rings (SSSR count). The minimum Gasteiger partial charge on any atom is -0.333 e. The molecule has 0 unspecified atom stereocenters. The van der Waals surface area contributed by atoms with Crippen LogP contribution >= 0.6 is 12.2 Å². The van der Waals surface area contributed by atoms with Gasteiger partial charge in [0.1, 0.15) is 0 Å². The van der Waals surface area contributed by atoms with E-state index < -0.39 is 4.92 Å². The molecule has 0 fully saturated rings. The van der Waals surface area contributed by atoms with E-state index in [2.05, 4.69) is 17.2 Å². The van der Waals surface area contributed by atoms with Gasteiger partial charge in [-0.25, -0.2) is 0 Å². The number of allylic oxidation sites excluding steroid dienone is 1. The Morgan fingerprint density at radius 1 is 1.35 bits per heavy atom. The molecule has 2 N–H and O–H groups in total. The summed E-state index contributed by atoms with van der Waals surface area (Å²) >= 11 is 4.87. The number of hydrogen-bond donors (Lipinski definition) is 2. The number of carbonyl (C=O) groups is 1. The summed E-state index contributed by atoms with van der Waals surface area (Å²) < 4.78 is 0. The lowest BCUT2D eigenvalue weighted by atomic mass is 10.2. The summed E-state index contributed by atoms with van der Waals surface area (Å²) in [5.74, 6) is -0.269. The lowest BCUT2D eigenvalue weighted by molar-refractivity contribution is -0.384. The van der Waals surface area contributed by atoms with Crippen molar-refractivity contribution >= 4 is 35.0 Å². The third-order valence-electron chi connectivity index (χ3n) is 2.14. The van der Waals surface area contributed by atoms with Crippen LogP contribution in [0.15, 0.2) is 42.6 Å². The van der Waals surface area contributed by atoms with Gasteiger partial charge in [-0.2, -0.15) is 0 Å². The second kappa shape index (κ2) is 7.15. The molecule has 104 valence electrons. The van der Waals surface area contributed by atoms with E-state index in [0.717, 1.165) is 5.56 Å². The number of nitro groups is 1. The Hall–Kier alpha value is -2.54. The summed E-state index contributed by atoms with van der Waals surface area (Å²) in [7, 11) is 0. The predicted octanol–water partition coefficient (Wildman–Crippen LogP) is 2.13. The third-order valence-corrected chi connectivity index (χ3v) is 2.35. The number of carbonyl (C=O) groups excluding carboxylic acids is 1. The summed E-state index contributed by atoms with van der Waals surface area (Å²) in [6, 6.07) is 6.07. The number of non-ortho nitro benzene ring substituents is 1. The maximum absolute atomic E-state index is 10.8. The van der Waals surface area contributed by atoms with Crippen LogP contribution in [0.3, 0.4) is 0 Å². The zero-order valence-corrected chi connectivity index (χ0v) is 11.6. The fourth-order valence-corrected chi connectivity index (χ4v) is 1.56. The molecule has 6 nitrogen and oxygen atoms in total. The highest BCUT2D eigenvalue weighted by atomic mass is 32.1. The highest BCUT2D eigenvalue weighted by molar-refractivity contribution is 7.80. The Balaban J connectivity index is 2.59. The van der Waals surface area contributed by atoms with Crippen LogP contribution < -0.4 is 10.6 Å². The average Bonchev–Trinajstić information content (AvgIpc) is 2.35. The number of amides is 1. The van der Waals surface area contributed by atoms with E-state index in [1.54, 1.807) is 24.3 Å². The molecule has 0 saturated carbocycles. The van der Waals surface area contributed by atoms with Crippen molar-refractivity contribution in [3.05, 3.63) is 58.3 Å². The lowest BCUT2D eigenvalue weighted by Gasteiger charge is -2.07. The fourth-order valence-electron chi connectivity index (χ4n) is 1.28. The second-order valence-corrected chi connectivity index (χ2v) is 4.25. The predicted molar refractivity (Wildman–Crippen MR) is 80.8 cm³/mol. The standard InChI is InChI=1S/C13H13N3O3S/c1-9(14-13(20)15-10(2)17)3-4-11-5-7-12(8-6-11)16(18)19/h3-8H,1H2,2H3,(H2,14,15,17,20)/b4-3-. The number of hydrogen-bond acceptors (Lipinski definition) is 4. The van der Waals surface area contributed by atoms with E-state index in [0.29, 0.717) is 5.70 Å². The van der Waals surface area contributed by atoms with E-state index in [4.69, 9.17) is 12.2 Å². The van der Waals surface area contributed by atoms with Crippen molar-refractivity contribution in [1.82, 2.24) is 10.6 Å². The zero-order chi connectivity index (χ0) is 15.1. The van der Waals surface area contributed by atoms with Gasteiger partial charge in [-0.1, -0.05) is 12.7 Å². The van der Waals surface area contributed by atoms with Gasteiger partial charge in [-0.3, -0.25) is 14.9 Å². The molecule has 1 aromatic rings. The van der Waals surface area contributed by atoms with Gasteiger partial charge in [0.2, 0.25) is 5.91 Å². The monoisotopic (exact) mass is 291 g/mol. The average molecular weight is 291 g/mol. The molecule has 1 amide bonds. The van der Waals surface area contributed by atoms with Gasteiger partial charge in [-0.15, -0.1) is 0 Å². The van der Waals surface area contributed by atoms with Gasteiger partial charge in [0.25, 0.3) is 5.69 Å². The molecule has 0 radical (unpaired) electrons. The van der Waals surface area contributed by atoms with Crippen LogP contribution in [0.1, 0.15) is 12.5 Å². The number of nitro benzene ring substituents is 1. The molecule has 0 aliphatic heterocycles. The SMILES string of the molecule is C=C(/C=C\c1ccc([N+](=O)[O-])cc1)NC(=S)NC(C)=O. The van der Waals surface area contributed by atoms with Crippen molar-refractivity contribution in [3.63, 3.8) is 0 Å². The quantitative estimate of drug-likeness (QED) is 0.384. The molecule has 7 heteroatoms. The summed E-state index contributed by atoms with van der Waals surface area (Å²) in [5, 5.41) is 15.8. The second-order valence-electron chi connectivity index (χ2n) is 3.84. The summed E-state index contributed by atoms with van der Waals surface area (Å²) in [6.45, 7) is 5.07. The molecule has 0 aromatic heterocycles. The van der Waals surface area contributed by atoms with E-state index in [9.17, 15) is 14.9 Å². The van der Waals surface area contributed by atoms with Crippen molar-refractivity contribution in [2.75, 3.05) is 0 Å². The molecule has 1 aromatic carbocycles. The van der Waals surface area contributed by atoms with Crippen LogP contribution in [0, 0.1) is 10.1 Å². The third kappa shape index (κ3) is 5.40. The van der Waals surface area contributed by atoms with Crippen molar-refractivity contribution < 1.29 is 9.72 Å². The van der Waals surface area contributed by atoms with Gasteiger partial charge in [0.05, 0.1) is 4.92 Å². The molecule has 0 atom stereocenters.